The Labute approximate surface area is 153 Å². The Morgan fingerprint density at radius 1 is 1.23 bits per heavy atom. The molecule has 2 aliphatic rings. The molecule has 7 nitrogen and oxygen atoms in total. The number of hydrogen-bond acceptors (Lipinski definition) is 4. The summed E-state index contributed by atoms with van der Waals surface area (Å²) in [7, 11) is 0. The van der Waals surface area contributed by atoms with E-state index in [0.29, 0.717) is 0 Å². The summed E-state index contributed by atoms with van der Waals surface area (Å²) in [6.45, 7) is 3.89. The second kappa shape index (κ2) is 6.97. The Balaban J connectivity index is 1.73. The zero-order valence-electron chi connectivity index (χ0n) is 15.2. The summed E-state index contributed by atoms with van der Waals surface area (Å²) in [4.78, 5) is 26.1. The third-order valence-electron chi connectivity index (χ3n) is 5.28. The molecule has 0 spiro atoms. The number of carbonyl (C=O) groups is 2. The molecular formula is C19H26N4O3. The molecule has 7 heteroatoms. The van der Waals surface area contributed by atoms with E-state index in [2.05, 4.69) is 5.32 Å². The standard InChI is InChI=1S/C19H26N4O3/c1-19(2)15(12-6-4-3-5-7-12)23(18(25)26-19)14-10-8-13(9-11-14)22-17(24)16(20)21/h3-7,13-15H,8-11H2,1-2H3,(H3,20,21)(H,22,24). The molecule has 1 aliphatic carbocycles. The van der Waals surface area contributed by atoms with Crippen molar-refractivity contribution in [3.63, 3.8) is 0 Å². The zero-order chi connectivity index (χ0) is 18.9. The SMILES string of the molecule is CC1(C)OC(=O)N(C2CCC(NC(=O)C(=N)N)CC2)C1c1ccccc1. The molecule has 1 aliphatic heterocycles. The third kappa shape index (κ3) is 3.52. The lowest BCUT2D eigenvalue weighted by atomic mass is 9.86. The molecule has 3 rings (SSSR count). The summed E-state index contributed by atoms with van der Waals surface area (Å²) in [5.41, 5.74) is 5.68. The second-order valence-corrected chi connectivity index (χ2v) is 7.58. The van der Waals surface area contributed by atoms with Gasteiger partial charge in [0.15, 0.2) is 5.84 Å². The van der Waals surface area contributed by atoms with E-state index >= 15 is 0 Å². The lowest BCUT2D eigenvalue weighted by molar-refractivity contribution is -0.115. The first kappa shape index (κ1) is 18.2. The number of ether oxygens (including phenoxy) is 1. The van der Waals surface area contributed by atoms with Gasteiger partial charge in [0.1, 0.15) is 5.60 Å². The lowest BCUT2D eigenvalue weighted by Gasteiger charge is -2.38. The molecule has 1 unspecified atom stereocenters. The number of nitrogens with two attached hydrogens (primary N) is 1. The highest BCUT2D eigenvalue weighted by atomic mass is 16.6. The molecule has 0 radical (unpaired) electrons. The minimum atomic E-state index is -0.599. The number of carbonyl (C=O) groups excluding carboxylic acids is 2. The minimum absolute atomic E-state index is 0.00976. The minimum Gasteiger partial charge on any atom is -0.441 e. The highest BCUT2D eigenvalue weighted by molar-refractivity contribution is 6.35. The number of rotatable bonds is 3. The summed E-state index contributed by atoms with van der Waals surface area (Å²) in [6, 6.07) is 9.89. The van der Waals surface area contributed by atoms with Crippen LogP contribution in [0.5, 0.6) is 0 Å². The lowest BCUT2D eigenvalue weighted by Crippen LogP contribution is -2.48. The Morgan fingerprint density at radius 2 is 1.85 bits per heavy atom. The number of cyclic esters (lactones) is 1. The molecule has 4 N–H and O–H groups in total. The summed E-state index contributed by atoms with van der Waals surface area (Å²) >= 11 is 0. The number of nitrogens with zero attached hydrogens (tertiary/aromatic N) is 1. The average molecular weight is 358 g/mol. The van der Waals surface area contributed by atoms with E-state index in [1.807, 2.05) is 49.1 Å². The van der Waals surface area contributed by atoms with Gasteiger partial charge in [0, 0.05) is 12.1 Å². The van der Waals surface area contributed by atoms with Crippen LogP contribution in [0.3, 0.4) is 0 Å². The van der Waals surface area contributed by atoms with Gasteiger partial charge in [0.2, 0.25) is 0 Å². The van der Waals surface area contributed by atoms with Gasteiger partial charge in [0.05, 0.1) is 6.04 Å². The predicted octanol–water partition coefficient (Wildman–Crippen LogP) is 2.32. The normalized spacial score (nSPS) is 27.7. The first-order valence-electron chi connectivity index (χ1n) is 9.00. The fourth-order valence-corrected chi connectivity index (χ4v) is 4.09. The molecule has 2 amide bonds. The number of amidine groups is 1. The number of benzene rings is 1. The van der Waals surface area contributed by atoms with Crippen molar-refractivity contribution in [1.82, 2.24) is 10.2 Å². The summed E-state index contributed by atoms with van der Waals surface area (Å²) in [5.74, 6) is -1.00. The van der Waals surface area contributed by atoms with Crippen molar-refractivity contribution in [2.45, 2.75) is 63.3 Å². The van der Waals surface area contributed by atoms with Gasteiger partial charge in [-0.3, -0.25) is 15.1 Å². The number of hydrogen-bond donors (Lipinski definition) is 3. The molecule has 1 saturated carbocycles. The summed E-state index contributed by atoms with van der Waals surface area (Å²) in [6.07, 6.45) is 2.76. The molecule has 140 valence electrons. The number of amides is 2. The van der Waals surface area contributed by atoms with Gasteiger partial charge >= 0.3 is 6.09 Å². The van der Waals surface area contributed by atoms with E-state index < -0.39 is 17.3 Å². The van der Waals surface area contributed by atoms with E-state index in [1.165, 1.54) is 0 Å². The maximum Gasteiger partial charge on any atom is 0.411 e. The highest BCUT2D eigenvalue weighted by Gasteiger charge is 2.51. The third-order valence-corrected chi connectivity index (χ3v) is 5.28. The molecule has 1 aromatic carbocycles. The van der Waals surface area contributed by atoms with Crippen molar-refractivity contribution in [1.29, 1.82) is 5.41 Å². The van der Waals surface area contributed by atoms with Crippen molar-refractivity contribution in [3.05, 3.63) is 35.9 Å². The summed E-state index contributed by atoms with van der Waals surface area (Å²) < 4.78 is 5.68. The maximum absolute atomic E-state index is 12.6. The van der Waals surface area contributed by atoms with Gasteiger partial charge < -0.3 is 15.8 Å². The van der Waals surface area contributed by atoms with E-state index in [1.54, 1.807) is 0 Å². The molecular weight excluding hydrogens is 332 g/mol. The van der Waals surface area contributed by atoms with Crippen molar-refractivity contribution in [2.75, 3.05) is 0 Å². The number of nitrogens with one attached hydrogen (secondary N) is 2. The van der Waals surface area contributed by atoms with E-state index in [4.69, 9.17) is 15.9 Å². The van der Waals surface area contributed by atoms with Crippen LogP contribution in [0, 0.1) is 5.41 Å². The Bertz CT molecular complexity index is 696. The summed E-state index contributed by atoms with van der Waals surface area (Å²) in [5, 5.41) is 9.96. The van der Waals surface area contributed by atoms with Crippen LogP contribution in [-0.2, 0) is 9.53 Å². The Kier molecular flexibility index (Phi) is 4.89. The smallest absolute Gasteiger partial charge is 0.411 e. The van der Waals surface area contributed by atoms with Crippen molar-refractivity contribution in [3.8, 4) is 0 Å². The van der Waals surface area contributed by atoms with Crippen molar-refractivity contribution >= 4 is 17.8 Å². The average Bonchev–Trinajstić information content (AvgIpc) is 2.84. The van der Waals surface area contributed by atoms with Gasteiger partial charge in [-0.2, -0.15) is 0 Å². The topological polar surface area (TPSA) is 109 Å². The Hall–Kier alpha value is -2.57. The van der Waals surface area contributed by atoms with E-state index in [9.17, 15) is 9.59 Å². The van der Waals surface area contributed by atoms with Crippen LogP contribution in [0.25, 0.3) is 0 Å². The quantitative estimate of drug-likeness (QED) is 0.569. The van der Waals surface area contributed by atoms with Crippen LogP contribution in [0.15, 0.2) is 30.3 Å². The molecule has 2 fully saturated rings. The monoisotopic (exact) mass is 358 g/mol. The second-order valence-electron chi connectivity index (χ2n) is 7.58. The fraction of sp³-hybridized carbons (Fsp3) is 0.526. The highest BCUT2D eigenvalue weighted by Crippen LogP contribution is 2.44. The van der Waals surface area contributed by atoms with Crippen molar-refractivity contribution < 1.29 is 14.3 Å². The maximum atomic E-state index is 12.6. The van der Waals surface area contributed by atoms with Gasteiger partial charge in [-0.1, -0.05) is 30.3 Å². The van der Waals surface area contributed by atoms with Crippen LogP contribution < -0.4 is 11.1 Å². The molecule has 1 heterocycles. The van der Waals surface area contributed by atoms with Crippen molar-refractivity contribution in [2.24, 2.45) is 5.73 Å². The van der Waals surface area contributed by atoms with Crippen LogP contribution in [-0.4, -0.2) is 40.4 Å². The van der Waals surface area contributed by atoms with Gasteiger partial charge in [-0.05, 0) is 45.1 Å². The van der Waals surface area contributed by atoms with Crippen LogP contribution >= 0.6 is 0 Å². The van der Waals surface area contributed by atoms with Crippen LogP contribution in [0.2, 0.25) is 0 Å². The van der Waals surface area contributed by atoms with E-state index in [-0.39, 0.29) is 24.2 Å². The molecule has 0 bridgehead atoms. The zero-order valence-corrected chi connectivity index (χ0v) is 15.2. The first-order valence-corrected chi connectivity index (χ1v) is 9.00. The first-order chi connectivity index (χ1) is 12.3. The molecule has 26 heavy (non-hydrogen) atoms. The van der Waals surface area contributed by atoms with Gasteiger partial charge in [-0.15, -0.1) is 0 Å². The van der Waals surface area contributed by atoms with Gasteiger partial charge in [-0.25, -0.2) is 4.79 Å². The van der Waals surface area contributed by atoms with Gasteiger partial charge in [0.25, 0.3) is 5.91 Å². The Morgan fingerprint density at radius 3 is 2.42 bits per heavy atom. The molecule has 1 atom stereocenters. The van der Waals surface area contributed by atoms with E-state index in [0.717, 1.165) is 31.2 Å². The van der Waals surface area contributed by atoms with Crippen LogP contribution in [0.4, 0.5) is 4.79 Å². The molecule has 1 saturated heterocycles. The fourth-order valence-electron chi connectivity index (χ4n) is 4.09. The predicted molar refractivity (Wildman–Crippen MR) is 97.7 cm³/mol. The molecule has 0 aromatic heterocycles. The molecule has 1 aromatic rings. The largest absolute Gasteiger partial charge is 0.441 e. The van der Waals surface area contributed by atoms with Crippen LogP contribution in [0.1, 0.15) is 51.1 Å².